The molecule has 6 heteroatoms. The molecule has 3 heterocycles. The number of hydrogen-bond donors (Lipinski definition) is 1. The van der Waals surface area contributed by atoms with Crippen molar-refractivity contribution in [3.8, 4) is 0 Å². The number of rotatable bonds is 5. The smallest absolute Gasteiger partial charge is 0.163 e. The molecule has 3 aromatic rings. The minimum Gasteiger partial charge on any atom is -0.361 e. The van der Waals surface area contributed by atoms with Crippen LogP contribution in [0.25, 0.3) is 11.0 Å². The zero-order valence-electron chi connectivity index (χ0n) is 16.0. The first-order chi connectivity index (χ1) is 13.2. The van der Waals surface area contributed by atoms with Crippen LogP contribution in [0.2, 0.25) is 0 Å². The first-order valence-corrected chi connectivity index (χ1v) is 10.1. The van der Waals surface area contributed by atoms with Gasteiger partial charge in [-0.3, -0.25) is 9.67 Å². The van der Waals surface area contributed by atoms with Crippen LogP contribution in [0.4, 0.5) is 5.82 Å². The van der Waals surface area contributed by atoms with Crippen LogP contribution in [-0.2, 0) is 7.05 Å². The van der Waals surface area contributed by atoms with Crippen LogP contribution in [-0.4, -0.2) is 24.7 Å². The van der Waals surface area contributed by atoms with Gasteiger partial charge >= 0.3 is 0 Å². The van der Waals surface area contributed by atoms with Crippen LogP contribution < -0.4 is 5.32 Å². The molecule has 140 valence electrons. The number of aryl methyl sites for hydroxylation is 2. The molecule has 1 atom stereocenters. The van der Waals surface area contributed by atoms with E-state index in [-0.39, 0.29) is 6.04 Å². The predicted molar refractivity (Wildman–Crippen MR) is 106 cm³/mol. The van der Waals surface area contributed by atoms with Crippen molar-refractivity contribution >= 4 is 16.9 Å². The Balaban J connectivity index is 1.57. The normalized spacial score (nSPS) is 18.9. The number of aromatic nitrogens is 5. The lowest BCUT2D eigenvalue weighted by molar-refractivity contribution is 0.641. The highest BCUT2D eigenvalue weighted by atomic mass is 15.3. The summed E-state index contributed by atoms with van der Waals surface area (Å²) >= 11 is 0. The summed E-state index contributed by atoms with van der Waals surface area (Å²) in [6, 6.07) is 4.34. The molecule has 2 aliphatic carbocycles. The van der Waals surface area contributed by atoms with Crippen molar-refractivity contribution < 1.29 is 0 Å². The lowest BCUT2D eigenvalue weighted by atomic mass is 10.0. The van der Waals surface area contributed by atoms with Gasteiger partial charge in [-0.2, -0.15) is 5.10 Å². The molecule has 0 spiro atoms. The van der Waals surface area contributed by atoms with Gasteiger partial charge in [-0.05, 0) is 50.2 Å². The van der Waals surface area contributed by atoms with E-state index in [9.17, 15) is 0 Å². The monoisotopic (exact) mass is 362 g/mol. The fourth-order valence-corrected chi connectivity index (χ4v) is 4.33. The van der Waals surface area contributed by atoms with E-state index in [1.54, 1.807) is 0 Å². The number of anilines is 1. The fourth-order valence-electron chi connectivity index (χ4n) is 4.33. The standard InChI is InChI=1S/C21H26N6/c1-13-6-5-11-22-17(13)18(14-9-10-14)24-20-16-12-23-27(2)21(16)26-19(25-20)15-7-3-4-8-15/h5-6,11-12,14-15,18H,3-4,7-10H2,1-2H3,(H,24,25,26). The molecule has 2 fully saturated rings. The van der Waals surface area contributed by atoms with Gasteiger partial charge in [0.15, 0.2) is 5.65 Å². The largest absolute Gasteiger partial charge is 0.361 e. The van der Waals surface area contributed by atoms with Crippen LogP contribution in [0.1, 0.15) is 67.6 Å². The minimum absolute atomic E-state index is 0.195. The number of nitrogens with zero attached hydrogens (tertiary/aromatic N) is 5. The zero-order valence-corrected chi connectivity index (χ0v) is 16.0. The Hall–Kier alpha value is -2.50. The van der Waals surface area contributed by atoms with E-state index in [1.807, 2.05) is 30.2 Å². The van der Waals surface area contributed by atoms with Gasteiger partial charge in [0, 0.05) is 19.2 Å². The molecule has 0 bridgehead atoms. The van der Waals surface area contributed by atoms with Gasteiger partial charge in [0.05, 0.1) is 23.3 Å². The van der Waals surface area contributed by atoms with E-state index in [2.05, 4.69) is 23.4 Å². The van der Waals surface area contributed by atoms with E-state index in [0.717, 1.165) is 28.4 Å². The summed E-state index contributed by atoms with van der Waals surface area (Å²) in [5.74, 6) is 2.98. The average molecular weight is 362 g/mol. The van der Waals surface area contributed by atoms with Crippen molar-refractivity contribution in [1.29, 1.82) is 0 Å². The number of fused-ring (bicyclic) bond motifs is 1. The van der Waals surface area contributed by atoms with Crippen molar-refractivity contribution in [3.05, 3.63) is 41.6 Å². The van der Waals surface area contributed by atoms with Gasteiger partial charge < -0.3 is 5.32 Å². The zero-order chi connectivity index (χ0) is 18.4. The van der Waals surface area contributed by atoms with Crippen molar-refractivity contribution in [2.45, 2.75) is 57.4 Å². The maximum absolute atomic E-state index is 5.00. The van der Waals surface area contributed by atoms with Gasteiger partial charge in [-0.15, -0.1) is 0 Å². The fraction of sp³-hybridized carbons (Fsp3) is 0.524. The molecule has 2 aliphatic rings. The lowest BCUT2D eigenvalue weighted by Gasteiger charge is -2.21. The summed E-state index contributed by atoms with van der Waals surface area (Å²) in [7, 11) is 1.96. The number of hydrogen-bond acceptors (Lipinski definition) is 5. The second-order valence-corrected chi connectivity index (χ2v) is 8.08. The van der Waals surface area contributed by atoms with Gasteiger partial charge in [0.2, 0.25) is 0 Å². The average Bonchev–Trinajstić information content (AvgIpc) is 3.22. The summed E-state index contributed by atoms with van der Waals surface area (Å²) in [6.45, 7) is 2.14. The molecule has 3 aromatic heterocycles. The molecule has 0 radical (unpaired) electrons. The molecule has 6 nitrogen and oxygen atoms in total. The Morgan fingerprint density at radius 2 is 1.96 bits per heavy atom. The van der Waals surface area contributed by atoms with E-state index in [1.165, 1.54) is 44.1 Å². The summed E-state index contributed by atoms with van der Waals surface area (Å²) in [4.78, 5) is 14.6. The van der Waals surface area contributed by atoms with Gasteiger partial charge in [-0.25, -0.2) is 9.97 Å². The van der Waals surface area contributed by atoms with Crippen molar-refractivity contribution in [2.75, 3.05) is 5.32 Å². The van der Waals surface area contributed by atoms with Crippen LogP contribution in [0.5, 0.6) is 0 Å². The highest BCUT2D eigenvalue weighted by molar-refractivity contribution is 5.86. The first kappa shape index (κ1) is 16.7. The van der Waals surface area contributed by atoms with E-state index >= 15 is 0 Å². The maximum Gasteiger partial charge on any atom is 0.163 e. The number of pyridine rings is 1. The third-order valence-electron chi connectivity index (χ3n) is 6.06. The Kier molecular flexibility index (Phi) is 4.06. The van der Waals surface area contributed by atoms with Crippen LogP contribution in [0.15, 0.2) is 24.5 Å². The molecule has 27 heavy (non-hydrogen) atoms. The molecule has 0 aliphatic heterocycles. The summed E-state index contributed by atoms with van der Waals surface area (Å²) in [5, 5.41) is 9.19. The highest BCUT2D eigenvalue weighted by Crippen LogP contribution is 2.44. The second kappa shape index (κ2) is 6.59. The summed E-state index contributed by atoms with van der Waals surface area (Å²) in [6.07, 6.45) is 11.2. The molecule has 1 unspecified atom stereocenters. The van der Waals surface area contributed by atoms with E-state index in [4.69, 9.17) is 15.0 Å². The lowest BCUT2D eigenvalue weighted by Crippen LogP contribution is -2.18. The Morgan fingerprint density at radius 3 is 2.70 bits per heavy atom. The summed E-state index contributed by atoms with van der Waals surface area (Å²) < 4.78 is 1.86. The van der Waals surface area contributed by atoms with E-state index < -0.39 is 0 Å². The Labute approximate surface area is 159 Å². The van der Waals surface area contributed by atoms with Gasteiger partial charge in [0.25, 0.3) is 0 Å². The Morgan fingerprint density at radius 1 is 1.15 bits per heavy atom. The minimum atomic E-state index is 0.195. The van der Waals surface area contributed by atoms with E-state index in [0.29, 0.717) is 11.8 Å². The molecule has 5 rings (SSSR count). The summed E-state index contributed by atoms with van der Waals surface area (Å²) in [5.41, 5.74) is 3.29. The van der Waals surface area contributed by atoms with Crippen molar-refractivity contribution in [2.24, 2.45) is 13.0 Å². The van der Waals surface area contributed by atoms with Crippen LogP contribution >= 0.6 is 0 Å². The van der Waals surface area contributed by atoms with Crippen molar-refractivity contribution in [1.82, 2.24) is 24.7 Å². The molecule has 1 N–H and O–H groups in total. The third-order valence-corrected chi connectivity index (χ3v) is 6.06. The van der Waals surface area contributed by atoms with Gasteiger partial charge in [0.1, 0.15) is 11.6 Å². The molecule has 0 saturated heterocycles. The predicted octanol–water partition coefficient (Wildman–Crippen LogP) is 4.29. The van der Waals surface area contributed by atoms with Crippen LogP contribution in [0.3, 0.4) is 0 Å². The van der Waals surface area contributed by atoms with Crippen LogP contribution in [0, 0.1) is 12.8 Å². The molecular weight excluding hydrogens is 336 g/mol. The molecular formula is C21H26N6. The molecule has 2 saturated carbocycles. The molecule has 0 amide bonds. The quantitative estimate of drug-likeness (QED) is 0.733. The topological polar surface area (TPSA) is 68.5 Å². The Bertz CT molecular complexity index is 968. The first-order valence-electron chi connectivity index (χ1n) is 10.1. The highest BCUT2D eigenvalue weighted by Gasteiger charge is 2.35. The third kappa shape index (κ3) is 3.07. The van der Waals surface area contributed by atoms with Gasteiger partial charge in [-0.1, -0.05) is 18.9 Å². The second-order valence-electron chi connectivity index (χ2n) is 8.08. The SMILES string of the molecule is Cc1cccnc1C(Nc1nc(C2CCCC2)nc2c1cnn2C)C1CC1. The number of nitrogens with one attached hydrogen (secondary N) is 1. The maximum atomic E-state index is 5.00. The van der Waals surface area contributed by atoms with Crippen molar-refractivity contribution in [3.63, 3.8) is 0 Å². The molecule has 0 aromatic carbocycles.